The highest BCUT2D eigenvalue weighted by molar-refractivity contribution is 9.10. The quantitative estimate of drug-likeness (QED) is 0.235. The Morgan fingerprint density at radius 1 is 0.897 bits per heavy atom. The summed E-state index contributed by atoms with van der Waals surface area (Å²) in [6.45, 7) is 0. The van der Waals surface area contributed by atoms with Gasteiger partial charge in [-0.3, -0.25) is 4.79 Å². The Kier molecular flexibility index (Phi) is 5.51. The molecular formula is C22H12Br2O5. The standard InChI is InChI=1S/C22H12Br2O5/c23-14-7-5-13(6-8-14)22(26)28-15-9-10-16-19(11-15)27-12-20(21(16)25)29-18-4-2-1-3-17(18)24/h1-12H. The molecule has 4 aromatic rings. The van der Waals surface area contributed by atoms with Gasteiger partial charge in [0.15, 0.2) is 0 Å². The molecule has 0 radical (unpaired) electrons. The monoisotopic (exact) mass is 514 g/mol. The summed E-state index contributed by atoms with van der Waals surface area (Å²) in [4.78, 5) is 25.0. The summed E-state index contributed by atoms with van der Waals surface area (Å²) in [5.41, 5.74) is 0.371. The fourth-order valence-electron chi connectivity index (χ4n) is 2.62. The molecule has 0 aliphatic heterocycles. The lowest BCUT2D eigenvalue weighted by atomic mass is 10.2. The van der Waals surface area contributed by atoms with Gasteiger partial charge in [0.2, 0.25) is 11.2 Å². The molecule has 0 atom stereocenters. The van der Waals surface area contributed by atoms with Crippen LogP contribution >= 0.6 is 31.9 Å². The van der Waals surface area contributed by atoms with Crippen molar-refractivity contribution in [2.24, 2.45) is 0 Å². The molecule has 3 aromatic carbocycles. The normalized spacial score (nSPS) is 10.7. The van der Waals surface area contributed by atoms with E-state index in [1.54, 1.807) is 36.4 Å². The summed E-state index contributed by atoms with van der Waals surface area (Å²) in [5, 5.41) is 0.318. The molecule has 0 unspecified atom stereocenters. The van der Waals surface area contributed by atoms with Gasteiger partial charge in [0, 0.05) is 10.5 Å². The largest absolute Gasteiger partial charge is 0.460 e. The first kappa shape index (κ1) is 19.4. The predicted molar refractivity (Wildman–Crippen MR) is 116 cm³/mol. The van der Waals surface area contributed by atoms with Crippen LogP contribution in [0.4, 0.5) is 0 Å². The maximum Gasteiger partial charge on any atom is 0.343 e. The molecule has 0 saturated heterocycles. The molecule has 5 nitrogen and oxygen atoms in total. The van der Waals surface area contributed by atoms with E-state index in [2.05, 4.69) is 31.9 Å². The van der Waals surface area contributed by atoms with E-state index in [0.717, 1.165) is 8.95 Å². The van der Waals surface area contributed by atoms with Crippen LogP contribution in [-0.4, -0.2) is 5.97 Å². The van der Waals surface area contributed by atoms with E-state index in [-0.39, 0.29) is 22.5 Å². The van der Waals surface area contributed by atoms with Crippen LogP contribution in [0, 0.1) is 0 Å². The van der Waals surface area contributed by atoms with Crippen molar-refractivity contribution >= 4 is 48.8 Å². The second kappa shape index (κ2) is 8.23. The van der Waals surface area contributed by atoms with Crippen molar-refractivity contribution in [3.05, 3.63) is 97.7 Å². The van der Waals surface area contributed by atoms with Crippen LogP contribution in [0.2, 0.25) is 0 Å². The van der Waals surface area contributed by atoms with E-state index >= 15 is 0 Å². The Labute approximate surface area is 182 Å². The highest BCUT2D eigenvalue weighted by Gasteiger charge is 2.13. The summed E-state index contributed by atoms with van der Waals surface area (Å²) < 4.78 is 18.2. The van der Waals surface area contributed by atoms with E-state index in [4.69, 9.17) is 13.9 Å². The Morgan fingerprint density at radius 3 is 2.41 bits per heavy atom. The van der Waals surface area contributed by atoms with E-state index in [0.29, 0.717) is 16.7 Å². The summed E-state index contributed by atoms with van der Waals surface area (Å²) >= 11 is 6.69. The number of hydrogen-bond donors (Lipinski definition) is 0. The topological polar surface area (TPSA) is 65.7 Å². The first-order valence-electron chi connectivity index (χ1n) is 8.47. The average Bonchev–Trinajstić information content (AvgIpc) is 2.72. The number of halogens is 2. The lowest BCUT2D eigenvalue weighted by Crippen LogP contribution is -2.09. The van der Waals surface area contributed by atoms with Crippen molar-refractivity contribution in [1.82, 2.24) is 0 Å². The third kappa shape index (κ3) is 4.26. The molecule has 29 heavy (non-hydrogen) atoms. The number of carbonyl (C=O) groups excluding carboxylic acids is 1. The lowest BCUT2D eigenvalue weighted by molar-refractivity contribution is 0.0735. The SMILES string of the molecule is O=C(Oc1ccc2c(=O)c(Oc3ccccc3Br)coc2c1)c1ccc(Br)cc1. The Bertz CT molecular complexity index is 1260. The fraction of sp³-hybridized carbons (Fsp3) is 0. The third-order valence-electron chi connectivity index (χ3n) is 4.06. The Morgan fingerprint density at radius 2 is 1.66 bits per heavy atom. The van der Waals surface area contributed by atoms with Gasteiger partial charge in [0.25, 0.3) is 0 Å². The molecule has 0 amide bonds. The molecule has 0 fully saturated rings. The molecule has 7 heteroatoms. The van der Waals surface area contributed by atoms with Gasteiger partial charge >= 0.3 is 5.97 Å². The van der Waals surface area contributed by atoms with Crippen LogP contribution in [0.15, 0.2) is 91.2 Å². The maximum atomic E-state index is 12.7. The summed E-state index contributed by atoms with van der Waals surface area (Å²) in [6, 6.07) is 18.6. The van der Waals surface area contributed by atoms with Crippen LogP contribution in [0.25, 0.3) is 11.0 Å². The van der Waals surface area contributed by atoms with Crippen LogP contribution in [0.1, 0.15) is 10.4 Å². The van der Waals surface area contributed by atoms with Gasteiger partial charge in [0.05, 0.1) is 15.4 Å². The molecule has 0 spiro atoms. The molecule has 0 aliphatic rings. The number of esters is 1. The molecule has 1 aromatic heterocycles. The van der Waals surface area contributed by atoms with Crippen molar-refractivity contribution in [3.8, 4) is 17.2 Å². The smallest absolute Gasteiger partial charge is 0.343 e. The molecule has 0 aliphatic carbocycles. The molecule has 0 saturated carbocycles. The van der Waals surface area contributed by atoms with E-state index in [9.17, 15) is 9.59 Å². The summed E-state index contributed by atoms with van der Waals surface area (Å²) in [5.74, 6) is 0.323. The zero-order chi connectivity index (χ0) is 20.4. The van der Waals surface area contributed by atoms with Crippen molar-refractivity contribution in [2.75, 3.05) is 0 Å². The minimum Gasteiger partial charge on any atom is -0.460 e. The molecular weight excluding hydrogens is 504 g/mol. The number of carbonyl (C=O) groups is 1. The minimum atomic E-state index is -0.506. The average molecular weight is 516 g/mol. The Hall–Kier alpha value is -2.90. The first-order chi connectivity index (χ1) is 14.0. The summed E-state index contributed by atoms with van der Waals surface area (Å²) in [7, 11) is 0. The van der Waals surface area contributed by atoms with Gasteiger partial charge in [-0.15, -0.1) is 0 Å². The molecule has 144 valence electrons. The van der Waals surface area contributed by atoms with Crippen LogP contribution in [0.3, 0.4) is 0 Å². The highest BCUT2D eigenvalue weighted by Crippen LogP contribution is 2.29. The zero-order valence-electron chi connectivity index (χ0n) is 14.7. The third-order valence-corrected chi connectivity index (χ3v) is 5.25. The number of hydrogen-bond acceptors (Lipinski definition) is 5. The van der Waals surface area contributed by atoms with E-state index in [1.807, 2.05) is 12.1 Å². The van der Waals surface area contributed by atoms with Gasteiger partial charge in [-0.1, -0.05) is 28.1 Å². The van der Waals surface area contributed by atoms with Gasteiger partial charge in [-0.05, 0) is 64.5 Å². The zero-order valence-corrected chi connectivity index (χ0v) is 17.9. The lowest BCUT2D eigenvalue weighted by Gasteiger charge is -2.08. The van der Waals surface area contributed by atoms with Crippen LogP contribution < -0.4 is 14.9 Å². The van der Waals surface area contributed by atoms with Gasteiger partial charge in [-0.25, -0.2) is 4.79 Å². The number of fused-ring (bicyclic) bond motifs is 1. The Balaban J connectivity index is 1.60. The predicted octanol–water partition coefficient (Wildman–Crippen LogP) is 6.33. The van der Waals surface area contributed by atoms with E-state index < -0.39 is 5.97 Å². The molecule has 1 heterocycles. The van der Waals surface area contributed by atoms with Gasteiger partial charge in [0.1, 0.15) is 23.3 Å². The van der Waals surface area contributed by atoms with Crippen LogP contribution in [-0.2, 0) is 0 Å². The second-order valence-corrected chi connectivity index (χ2v) is 7.79. The van der Waals surface area contributed by atoms with E-state index in [1.165, 1.54) is 24.5 Å². The van der Waals surface area contributed by atoms with Gasteiger partial charge < -0.3 is 13.9 Å². The van der Waals surface area contributed by atoms with Crippen molar-refractivity contribution in [3.63, 3.8) is 0 Å². The maximum absolute atomic E-state index is 12.7. The number of para-hydroxylation sites is 1. The fourth-order valence-corrected chi connectivity index (χ4v) is 3.25. The van der Waals surface area contributed by atoms with Crippen LogP contribution in [0.5, 0.6) is 17.2 Å². The highest BCUT2D eigenvalue weighted by atomic mass is 79.9. The van der Waals surface area contributed by atoms with Gasteiger partial charge in [-0.2, -0.15) is 0 Å². The molecule has 4 rings (SSSR count). The minimum absolute atomic E-state index is 0.0593. The second-order valence-electron chi connectivity index (χ2n) is 6.02. The van der Waals surface area contributed by atoms with Crippen molar-refractivity contribution < 1.29 is 18.7 Å². The number of rotatable bonds is 4. The molecule has 0 N–H and O–H groups in total. The van der Waals surface area contributed by atoms with Crippen molar-refractivity contribution in [1.29, 1.82) is 0 Å². The number of benzene rings is 3. The first-order valence-corrected chi connectivity index (χ1v) is 10.1. The number of ether oxygens (including phenoxy) is 2. The van der Waals surface area contributed by atoms with Crippen molar-refractivity contribution in [2.45, 2.75) is 0 Å². The summed E-state index contributed by atoms with van der Waals surface area (Å²) in [6.07, 6.45) is 1.24. The molecule has 0 bridgehead atoms.